The molecule has 0 aromatic carbocycles. The van der Waals surface area contributed by atoms with Crippen LogP contribution in [0.2, 0.25) is 10.4 Å². The van der Waals surface area contributed by atoms with Crippen molar-refractivity contribution in [2.45, 2.75) is 13.3 Å². The van der Waals surface area contributed by atoms with E-state index in [9.17, 15) is 0 Å². The van der Waals surface area contributed by atoms with Gasteiger partial charge in [0.15, 0.2) is 11.0 Å². The molecule has 0 saturated heterocycles. The second-order valence-electron chi connectivity index (χ2n) is 3.36. The molecule has 0 amide bonds. The summed E-state index contributed by atoms with van der Waals surface area (Å²) in [6, 6.07) is 0. The van der Waals surface area contributed by atoms with Crippen LogP contribution in [0.25, 0.3) is 0 Å². The van der Waals surface area contributed by atoms with Gasteiger partial charge in [-0.2, -0.15) is 10.1 Å². The van der Waals surface area contributed by atoms with Crippen LogP contribution in [0.15, 0.2) is 6.20 Å². The molecular weight excluding hydrogens is 263 g/mol. The fourth-order valence-corrected chi connectivity index (χ4v) is 1.65. The number of aryl methyl sites for hydroxylation is 2. The van der Waals surface area contributed by atoms with Crippen molar-refractivity contribution in [1.29, 1.82) is 0 Å². The lowest BCUT2D eigenvalue weighted by molar-refractivity contribution is 0.746. The molecule has 2 heterocycles. The third-order valence-electron chi connectivity index (χ3n) is 2.11. The van der Waals surface area contributed by atoms with Gasteiger partial charge in [0.25, 0.3) is 0 Å². The summed E-state index contributed by atoms with van der Waals surface area (Å²) >= 11 is 11.5. The van der Waals surface area contributed by atoms with Gasteiger partial charge in [-0.25, -0.2) is 0 Å². The molecule has 0 aliphatic rings. The van der Waals surface area contributed by atoms with Gasteiger partial charge in [0.2, 0.25) is 5.28 Å². The summed E-state index contributed by atoms with van der Waals surface area (Å²) < 4.78 is 1.71. The van der Waals surface area contributed by atoms with E-state index >= 15 is 0 Å². The van der Waals surface area contributed by atoms with Crippen molar-refractivity contribution in [3.8, 4) is 0 Å². The van der Waals surface area contributed by atoms with Crippen LogP contribution in [0.1, 0.15) is 12.6 Å². The molecule has 1 N–H and O–H groups in total. The number of nitrogens with one attached hydrogen (secondary N) is 1. The molecule has 6 nitrogen and oxygen atoms in total. The summed E-state index contributed by atoms with van der Waals surface area (Å²) in [5.41, 5.74) is 1.74. The number of hydrogen-bond acceptors (Lipinski definition) is 5. The van der Waals surface area contributed by atoms with E-state index in [1.807, 2.05) is 20.2 Å². The van der Waals surface area contributed by atoms with Gasteiger partial charge >= 0.3 is 0 Å². The number of nitrogens with zero attached hydrogens (tertiary/aromatic N) is 5. The average Bonchev–Trinajstić information content (AvgIpc) is 2.64. The molecular formula is C9H10Cl2N6. The molecule has 2 aromatic rings. The van der Waals surface area contributed by atoms with Crippen LogP contribution in [-0.4, -0.2) is 25.0 Å². The maximum absolute atomic E-state index is 5.86. The molecule has 0 radical (unpaired) electrons. The molecule has 90 valence electrons. The largest absolute Gasteiger partial charge is 0.335 e. The Balaban J connectivity index is 2.33. The van der Waals surface area contributed by atoms with Crippen LogP contribution in [0.4, 0.5) is 11.5 Å². The van der Waals surface area contributed by atoms with Gasteiger partial charge in [0.1, 0.15) is 0 Å². The Morgan fingerprint density at radius 1 is 1.35 bits per heavy atom. The van der Waals surface area contributed by atoms with E-state index in [2.05, 4.69) is 25.6 Å². The Kier molecular flexibility index (Phi) is 3.44. The molecule has 0 aliphatic carbocycles. The second kappa shape index (κ2) is 4.85. The molecule has 17 heavy (non-hydrogen) atoms. The van der Waals surface area contributed by atoms with Crippen molar-refractivity contribution < 1.29 is 0 Å². The van der Waals surface area contributed by atoms with Gasteiger partial charge in [-0.05, 0) is 18.0 Å². The highest BCUT2D eigenvalue weighted by molar-refractivity contribution is 6.32. The summed E-state index contributed by atoms with van der Waals surface area (Å²) in [5, 5.41) is 14.7. The number of hydrogen-bond donors (Lipinski definition) is 1. The number of anilines is 2. The van der Waals surface area contributed by atoms with E-state index in [1.165, 1.54) is 0 Å². The number of rotatable bonds is 3. The molecule has 2 rings (SSSR count). The predicted octanol–water partition coefficient (Wildman–Crippen LogP) is 2.22. The highest BCUT2D eigenvalue weighted by Gasteiger charge is 2.11. The molecule has 8 heteroatoms. The van der Waals surface area contributed by atoms with E-state index in [4.69, 9.17) is 23.2 Å². The molecule has 0 atom stereocenters. The van der Waals surface area contributed by atoms with Gasteiger partial charge in [-0.3, -0.25) is 4.68 Å². The maximum Gasteiger partial charge on any atom is 0.245 e. The Morgan fingerprint density at radius 2 is 2.12 bits per heavy atom. The molecule has 0 unspecified atom stereocenters. The zero-order chi connectivity index (χ0) is 12.4. The van der Waals surface area contributed by atoms with Crippen molar-refractivity contribution in [3.05, 3.63) is 22.3 Å². The zero-order valence-corrected chi connectivity index (χ0v) is 10.8. The third-order valence-corrected chi connectivity index (χ3v) is 2.53. The number of halogens is 2. The minimum absolute atomic E-state index is 0.0406. The summed E-state index contributed by atoms with van der Waals surface area (Å²) in [5.74, 6) is 0.370. The van der Waals surface area contributed by atoms with Crippen LogP contribution in [0.3, 0.4) is 0 Å². The van der Waals surface area contributed by atoms with E-state index in [-0.39, 0.29) is 10.4 Å². The molecule has 0 spiro atoms. The molecule has 0 saturated carbocycles. The monoisotopic (exact) mass is 272 g/mol. The standard InChI is InChI=1S/C9H10Cl2N6/c1-3-5-6(4-17(2)16-5)12-8-7(10)14-15-9(11)13-8/h4H,3H2,1-2H3,(H,12,13,15). The van der Waals surface area contributed by atoms with Crippen molar-refractivity contribution in [3.63, 3.8) is 0 Å². The Bertz CT molecular complexity index is 538. The van der Waals surface area contributed by atoms with Gasteiger partial charge in [-0.1, -0.05) is 18.5 Å². The maximum atomic E-state index is 5.86. The Labute approximate surface area is 108 Å². The van der Waals surface area contributed by atoms with Crippen LogP contribution >= 0.6 is 23.2 Å². The van der Waals surface area contributed by atoms with Crippen molar-refractivity contribution in [2.24, 2.45) is 7.05 Å². The van der Waals surface area contributed by atoms with Crippen molar-refractivity contribution >= 4 is 34.7 Å². The van der Waals surface area contributed by atoms with Crippen molar-refractivity contribution in [1.82, 2.24) is 25.0 Å². The first-order valence-corrected chi connectivity index (χ1v) is 5.71. The first-order valence-electron chi connectivity index (χ1n) is 4.95. The SMILES string of the molecule is CCc1nn(C)cc1Nc1nc(Cl)nnc1Cl. The van der Waals surface area contributed by atoms with Gasteiger partial charge < -0.3 is 5.32 Å². The lowest BCUT2D eigenvalue weighted by atomic mass is 10.3. The van der Waals surface area contributed by atoms with Gasteiger partial charge in [-0.15, -0.1) is 10.2 Å². The summed E-state index contributed by atoms with van der Waals surface area (Å²) in [4.78, 5) is 3.96. The van der Waals surface area contributed by atoms with Crippen LogP contribution < -0.4 is 5.32 Å². The topological polar surface area (TPSA) is 68.5 Å². The first-order chi connectivity index (χ1) is 8.10. The summed E-state index contributed by atoms with van der Waals surface area (Å²) in [6.45, 7) is 2.01. The van der Waals surface area contributed by atoms with Gasteiger partial charge in [0.05, 0.1) is 11.4 Å². The highest BCUT2D eigenvalue weighted by Crippen LogP contribution is 2.23. The Morgan fingerprint density at radius 3 is 2.82 bits per heavy atom. The molecule has 2 aromatic heterocycles. The average molecular weight is 273 g/mol. The lowest BCUT2D eigenvalue weighted by Gasteiger charge is -2.05. The quantitative estimate of drug-likeness (QED) is 0.928. The lowest BCUT2D eigenvalue weighted by Crippen LogP contribution is -1.99. The third kappa shape index (κ3) is 2.65. The van der Waals surface area contributed by atoms with E-state index in [0.29, 0.717) is 5.82 Å². The Hall–Kier alpha value is -1.40. The van der Waals surface area contributed by atoms with Crippen LogP contribution in [-0.2, 0) is 13.5 Å². The van der Waals surface area contributed by atoms with Gasteiger partial charge in [0, 0.05) is 13.2 Å². The summed E-state index contributed by atoms with van der Waals surface area (Å²) in [6.07, 6.45) is 2.64. The fraction of sp³-hybridized carbons (Fsp3) is 0.333. The highest BCUT2D eigenvalue weighted by atomic mass is 35.5. The van der Waals surface area contributed by atoms with E-state index in [0.717, 1.165) is 17.8 Å². The van der Waals surface area contributed by atoms with Crippen LogP contribution in [0.5, 0.6) is 0 Å². The zero-order valence-electron chi connectivity index (χ0n) is 9.28. The minimum Gasteiger partial charge on any atom is -0.335 e. The van der Waals surface area contributed by atoms with E-state index < -0.39 is 0 Å². The smallest absolute Gasteiger partial charge is 0.245 e. The van der Waals surface area contributed by atoms with Crippen LogP contribution in [0, 0.1) is 0 Å². The van der Waals surface area contributed by atoms with E-state index in [1.54, 1.807) is 4.68 Å². The first kappa shape index (κ1) is 12.1. The molecule has 0 aliphatic heterocycles. The molecule has 0 bridgehead atoms. The number of aromatic nitrogens is 5. The normalized spacial score (nSPS) is 10.6. The predicted molar refractivity (Wildman–Crippen MR) is 65.7 cm³/mol. The fourth-order valence-electron chi connectivity index (χ4n) is 1.40. The van der Waals surface area contributed by atoms with Crippen molar-refractivity contribution in [2.75, 3.05) is 5.32 Å². The molecule has 0 fully saturated rings. The minimum atomic E-state index is 0.0406. The summed E-state index contributed by atoms with van der Waals surface area (Å²) in [7, 11) is 1.84. The second-order valence-corrected chi connectivity index (χ2v) is 4.06.